The van der Waals surface area contributed by atoms with Gasteiger partial charge in [0.05, 0.1) is 18.5 Å². The summed E-state index contributed by atoms with van der Waals surface area (Å²) < 4.78 is 5.41. The molecule has 31 heavy (non-hydrogen) atoms. The van der Waals surface area contributed by atoms with E-state index >= 15 is 0 Å². The molecule has 6 heteroatoms. The summed E-state index contributed by atoms with van der Waals surface area (Å²) in [5.41, 5.74) is 1.82. The minimum absolute atomic E-state index is 0. The van der Waals surface area contributed by atoms with Crippen molar-refractivity contribution in [2.24, 2.45) is 17.3 Å². The second-order valence-electron chi connectivity index (χ2n) is 9.28. The quantitative estimate of drug-likeness (QED) is 0.488. The average Bonchev–Trinajstić information content (AvgIpc) is 3.06. The second kappa shape index (κ2) is 9.01. The molecule has 2 aromatic carbocycles. The first-order valence-corrected chi connectivity index (χ1v) is 11.7. The fourth-order valence-corrected chi connectivity index (χ4v) is 7.64. The van der Waals surface area contributed by atoms with Crippen LogP contribution in [0, 0.1) is 61.3 Å². The molecule has 2 aromatic rings. The Hall–Kier alpha value is -0.538. The summed E-state index contributed by atoms with van der Waals surface area (Å²) in [5.74, 6) is 1.96. The van der Waals surface area contributed by atoms with Gasteiger partial charge in [-0.2, -0.15) is 0 Å². The molecule has 3 aliphatic rings. The Morgan fingerprint density at radius 3 is 2.55 bits per heavy atom. The van der Waals surface area contributed by atoms with Gasteiger partial charge in [0.1, 0.15) is 11.5 Å². The van der Waals surface area contributed by atoms with E-state index in [0.717, 1.165) is 41.7 Å². The summed E-state index contributed by atoms with van der Waals surface area (Å²) in [7, 11) is 1.63. The van der Waals surface area contributed by atoms with Gasteiger partial charge in [-0.05, 0) is 90.8 Å². The molecular formula is C25H28AcO4S. The Bertz CT molecular complexity index is 978. The van der Waals surface area contributed by atoms with Crippen molar-refractivity contribution in [1.29, 1.82) is 0 Å². The van der Waals surface area contributed by atoms with Crippen LogP contribution in [0.1, 0.15) is 54.4 Å². The van der Waals surface area contributed by atoms with Crippen LogP contribution in [-0.2, 0) is 0 Å². The van der Waals surface area contributed by atoms with Crippen molar-refractivity contribution in [2.45, 2.75) is 54.8 Å². The zero-order valence-corrected chi connectivity index (χ0v) is 23.5. The van der Waals surface area contributed by atoms with E-state index in [0.29, 0.717) is 17.6 Å². The molecule has 0 heterocycles. The Morgan fingerprint density at radius 2 is 1.84 bits per heavy atom. The van der Waals surface area contributed by atoms with Crippen molar-refractivity contribution in [2.75, 3.05) is 7.11 Å². The number of rotatable bonds is 3. The van der Waals surface area contributed by atoms with Gasteiger partial charge in [-0.25, -0.2) is 0 Å². The van der Waals surface area contributed by atoms with Crippen LogP contribution in [0.25, 0.3) is 0 Å². The summed E-state index contributed by atoms with van der Waals surface area (Å²) >= 11 is 1.61. The molecule has 0 aromatic heterocycles. The van der Waals surface area contributed by atoms with E-state index in [1.807, 2.05) is 24.3 Å². The first kappa shape index (κ1) is 23.6. The summed E-state index contributed by atoms with van der Waals surface area (Å²) in [6, 6.07) is 13.1. The molecule has 2 saturated carbocycles. The number of fused-ring (bicyclic) bond motifs is 5. The maximum atomic E-state index is 13.8. The van der Waals surface area contributed by atoms with Crippen LogP contribution in [0.15, 0.2) is 47.4 Å². The monoisotopic (exact) mass is 651 g/mol. The largest absolute Gasteiger partial charge is 0.508 e. The molecule has 2 fully saturated rings. The van der Waals surface area contributed by atoms with Gasteiger partial charge in [0.2, 0.25) is 0 Å². The van der Waals surface area contributed by atoms with Gasteiger partial charge < -0.3 is 14.9 Å². The van der Waals surface area contributed by atoms with Crippen molar-refractivity contribution in [3.8, 4) is 11.5 Å². The topological polar surface area (TPSA) is 66.8 Å². The molecule has 5 unspecified atom stereocenters. The van der Waals surface area contributed by atoms with E-state index in [4.69, 9.17) is 4.74 Å². The first-order chi connectivity index (χ1) is 14.4. The Balaban J connectivity index is 0.00000231. The summed E-state index contributed by atoms with van der Waals surface area (Å²) in [6.07, 6.45) is 3.51. The van der Waals surface area contributed by atoms with Crippen LogP contribution in [-0.4, -0.2) is 34.5 Å². The number of methoxy groups -OCH3 is 1. The maximum absolute atomic E-state index is 13.8. The number of aliphatic hydroxyl groups is 1. The van der Waals surface area contributed by atoms with Crippen LogP contribution in [0.2, 0.25) is 0 Å². The number of hydrogen-bond donors (Lipinski definition) is 2. The van der Waals surface area contributed by atoms with Gasteiger partial charge in [0.25, 0.3) is 0 Å². The van der Waals surface area contributed by atoms with Crippen molar-refractivity contribution in [1.82, 2.24) is 0 Å². The number of hydrogen-bond acceptors (Lipinski definition) is 5. The number of aliphatic hydroxyl groups excluding tert-OH is 1. The minimum Gasteiger partial charge on any atom is -0.508 e. The average molecular weight is 652 g/mol. The van der Waals surface area contributed by atoms with Crippen LogP contribution in [0.3, 0.4) is 0 Å². The number of phenolic OH excluding ortho intramolecular Hbond substituents is 1. The number of aromatic hydroxyl groups is 1. The molecule has 4 nitrogen and oxygen atoms in total. The van der Waals surface area contributed by atoms with E-state index in [1.165, 1.54) is 0 Å². The van der Waals surface area contributed by atoms with E-state index in [2.05, 4.69) is 13.0 Å². The third kappa shape index (κ3) is 3.90. The van der Waals surface area contributed by atoms with E-state index in [1.54, 1.807) is 31.0 Å². The minimum atomic E-state index is -0.282. The standard InChI is InChI=1S/C25H28O4S.Ac/c1-25-12-11-18-17-8-5-15(29-2)13-19(17)23(28)24(22(18)20(25)9-10-21(25)27)30-16-6-3-14(26)4-7-16;/h3-8,13,18,20-22,24,26-27H,9-12H2,1-2H3;/t18?,20?,21?,22?,24?,25-;/m0./s1. The van der Waals surface area contributed by atoms with Gasteiger partial charge in [-0.3, -0.25) is 4.79 Å². The molecule has 0 aliphatic heterocycles. The number of Topliss-reactive ketones (excluding diaryl/α,β-unsaturated/α-hetero) is 1. The van der Waals surface area contributed by atoms with E-state index in [-0.39, 0.29) is 78.3 Å². The van der Waals surface area contributed by atoms with Crippen LogP contribution < -0.4 is 4.74 Å². The normalized spacial score (nSPS) is 33.6. The summed E-state index contributed by atoms with van der Waals surface area (Å²) in [5, 5.41) is 20.2. The number of carbonyl (C=O) groups is 1. The zero-order chi connectivity index (χ0) is 21.0. The molecule has 161 valence electrons. The Morgan fingerprint density at radius 1 is 1.10 bits per heavy atom. The van der Waals surface area contributed by atoms with Crippen LogP contribution in [0.5, 0.6) is 11.5 Å². The number of benzene rings is 2. The number of ketones is 1. The maximum Gasteiger partial charge on any atom is 0.176 e. The number of phenols is 1. The molecule has 0 spiro atoms. The van der Waals surface area contributed by atoms with E-state index in [9.17, 15) is 15.0 Å². The van der Waals surface area contributed by atoms with Gasteiger partial charge in [0, 0.05) is 54.5 Å². The fourth-order valence-electron chi connectivity index (χ4n) is 6.28. The van der Waals surface area contributed by atoms with Gasteiger partial charge in [-0.15, -0.1) is 11.8 Å². The zero-order valence-electron chi connectivity index (χ0n) is 18.0. The fraction of sp³-hybridized carbons (Fsp3) is 0.480. The number of ether oxygens (including phenoxy) is 1. The van der Waals surface area contributed by atoms with Crippen LogP contribution in [0.4, 0.5) is 0 Å². The predicted octanol–water partition coefficient (Wildman–Crippen LogP) is 5.03. The molecule has 0 bridgehead atoms. The predicted molar refractivity (Wildman–Crippen MR) is 117 cm³/mol. The third-order valence-corrected chi connectivity index (χ3v) is 9.24. The van der Waals surface area contributed by atoms with Crippen molar-refractivity contribution >= 4 is 17.5 Å². The molecule has 6 atom stereocenters. The van der Waals surface area contributed by atoms with Crippen molar-refractivity contribution in [3.05, 3.63) is 53.6 Å². The SMILES string of the molecule is COc1ccc2c(c1)C(=O)C(Sc1ccc(O)cc1)C1C2CC[C@]2(C)C(O)CCC12.[Ac]. The van der Waals surface area contributed by atoms with Crippen molar-refractivity contribution in [3.63, 3.8) is 0 Å². The first-order valence-electron chi connectivity index (χ1n) is 10.8. The molecule has 0 amide bonds. The molecular weight excluding hydrogens is 623 g/mol. The molecule has 5 rings (SSSR count). The van der Waals surface area contributed by atoms with Crippen LogP contribution >= 0.6 is 11.8 Å². The molecule has 1 radical (unpaired) electrons. The Labute approximate surface area is 223 Å². The van der Waals surface area contributed by atoms with E-state index < -0.39 is 0 Å². The van der Waals surface area contributed by atoms with Gasteiger partial charge in [-0.1, -0.05) is 13.0 Å². The Kier molecular flexibility index (Phi) is 6.86. The summed E-state index contributed by atoms with van der Waals surface area (Å²) in [4.78, 5) is 14.8. The summed E-state index contributed by atoms with van der Waals surface area (Å²) in [6.45, 7) is 2.22. The molecule has 0 saturated heterocycles. The van der Waals surface area contributed by atoms with Gasteiger partial charge >= 0.3 is 0 Å². The smallest absolute Gasteiger partial charge is 0.176 e. The van der Waals surface area contributed by atoms with Crippen molar-refractivity contribution < 1.29 is 63.8 Å². The molecule has 2 N–H and O–H groups in total. The number of carbonyl (C=O) groups excluding carboxylic acids is 1. The third-order valence-electron chi connectivity index (χ3n) is 7.92. The van der Waals surface area contributed by atoms with Gasteiger partial charge in [0.15, 0.2) is 5.78 Å². The second-order valence-corrected chi connectivity index (χ2v) is 10.5. The molecule has 3 aliphatic carbocycles. The number of thioether (sulfide) groups is 1.